The van der Waals surface area contributed by atoms with E-state index >= 15 is 0 Å². The molecular formula is C18H17N3O4S. The van der Waals surface area contributed by atoms with Crippen molar-refractivity contribution in [2.75, 3.05) is 26.2 Å². The molecule has 0 aliphatic carbocycles. The average Bonchev–Trinajstić information content (AvgIpc) is 2.69. The number of aliphatic imine (C=N–C) groups is 1. The lowest BCUT2D eigenvalue weighted by molar-refractivity contribution is 0.0698. The molecule has 0 spiro atoms. The van der Waals surface area contributed by atoms with Crippen LogP contribution >= 0.6 is 0 Å². The average molecular weight is 371 g/mol. The lowest BCUT2D eigenvalue weighted by atomic mass is 10.2. The number of hydrogen-bond donors (Lipinski definition) is 0. The molecule has 1 aliphatic rings. The van der Waals surface area contributed by atoms with Crippen molar-refractivity contribution in [1.82, 2.24) is 9.21 Å². The fraction of sp³-hybridized carbons (Fsp3) is 0.222. The largest absolute Gasteiger partial charge is 0.336 e. The number of benzene rings is 2. The van der Waals surface area contributed by atoms with Crippen LogP contribution in [0, 0.1) is 0 Å². The second-order valence-electron chi connectivity index (χ2n) is 5.76. The molecule has 1 aliphatic heterocycles. The maximum Gasteiger partial charge on any atom is 0.253 e. The number of sulfonamides is 1. The molecule has 2 aromatic rings. The Balaban J connectivity index is 1.72. The second-order valence-corrected chi connectivity index (χ2v) is 7.70. The summed E-state index contributed by atoms with van der Waals surface area (Å²) in [5, 5.41) is 0. The molecule has 7 nitrogen and oxygen atoms in total. The van der Waals surface area contributed by atoms with Crippen molar-refractivity contribution in [2.45, 2.75) is 4.90 Å². The van der Waals surface area contributed by atoms with Gasteiger partial charge >= 0.3 is 0 Å². The van der Waals surface area contributed by atoms with Crippen molar-refractivity contribution in [3.05, 3.63) is 60.2 Å². The second kappa shape index (κ2) is 7.61. The van der Waals surface area contributed by atoms with Gasteiger partial charge in [-0.05, 0) is 30.3 Å². The molecule has 134 valence electrons. The molecule has 3 rings (SSSR count). The number of rotatable bonds is 4. The van der Waals surface area contributed by atoms with Crippen LogP contribution in [0.3, 0.4) is 0 Å². The van der Waals surface area contributed by atoms with E-state index in [1.165, 1.54) is 34.7 Å². The molecule has 26 heavy (non-hydrogen) atoms. The van der Waals surface area contributed by atoms with E-state index < -0.39 is 10.0 Å². The maximum absolute atomic E-state index is 12.8. The Morgan fingerprint density at radius 2 is 1.65 bits per heavy atom. The van der Waals surface area contributed by atoms with Gasteiger partial charge in [0, 0.05) is 31.7 Å². The predicted molar refractivity (Wildman–Crippen MR) is 95.3 cm³/mol. The topological polar surface area (TPSA) is 87.1 Å². The third-order valence-corrected chi connectivity index (χ3v) is 6.07. The van der Waals surface area contributed by atoms with Crippen LogP contribution in [0.5, 0.6) is 0 Å². The van der Waals surface area contributed by atoms with Crippen LogP contribution in [-0.2, 0) is 14.8 Å². The third kappa shape index (κ3) is 3.72. The first-order valence-electron chi connectivity index (χ1n) is 8.05. The molecule has 1 saturated heterocycles. The predicted octanol–water partition coefficient (Wildman–Crippen LogP) is 1.80. The molecule has 1 heterocycles. The SMILES string of the molecule is O=C=Nc1cccc(S(=O)(=O)N2CCN(C(=O)c3ccccc3)CC2)c1. The van der Waals surface area contributed by atoms with E-state index in [1.54, 1.807) is 29.2 Å². The molecule has 0 bridgehead atoms. The highest BCUT2D eigenvalue weighted by Crippen LogP contribution is 2.22. The normalized spacial score (nSPS) is 15.3. The summed E-state index contributed by atoms with van der Waals surface area (Å²) >= 11 is 0. The molecule has 0 N–H and O–H groups in total. The summed E-state index contributed by atoms with van der Waals surface area (Å²) in [6, 6.07) is 14.8. The van der Waals surface area contributed by atoms with E-state index in [9.17, 15) is 18.0 Å². The zero-order valence-corrected chi connectivity index (χ0v) is 14.7. The first-order chi connectivity index (χ1) is 12.5. The summed E-state index contributed by atoms with van der Waals surface area (Å²) < 4.78 is 26.9. The Morgan fingerprint density at radius 3 is 2.31 bits per heavy atom. The minimum atomic E-state index is -3.71. The number of hydrogen-bond acceptors (Lipinski definition) is 5. The molecule has 0 aromatic heterocycles. The number of piperazine rings is 1. The van der Waals surface area contributed by atoms with Gasteiger partial charge < -0.3 is 4.90 Å². The Labute approximate surface area is 151 Å². The van der Waals surface area contributed by atoms with Crippen LogP contribution in [0.1, 0.15) is 10.4 Å². The highest BCUT2D eigenvalue weighted by atomic mass is 32.2. The zero-order chi connectivity index (χ0) is 18.6. The molecular weight excluding hydrogens is 354 g/mol. The molecule has 8 heteroatoms. The number of nitrogens with zero attached hydrogens (tertiary/aromatic N) is 3. The maximum atomic E-state index is 12.8. The molecule has 0 saturated carbocycles. The van der Waals surface area contributed by atoms with Gasteiger partial charge in [0.1, 0.15) is 0 Å². The summed E-state index contributed by atoms with van der Waals surface area (Å²) in [6.07, 6.45) is 1.40. The van der Waals surface area contributed by atoms with Crippen molar-refractivity contribution in [3.63, 3.8) is 0 Å². The fourth-order valence-corrected chi connectivity index (χ4v) is 4.27. The highest BCUT2D eigenvalue weighted by molar-refractivity contribution is 7.89. The van der Waals surface area contributed by atoms with Gasteiger partial charge in [-0.2, -0.15) is 9.30 Å². The number of amides is 1. The van der Waals surface area contributed by atoms with Gasteiger partial charge in [-0.1, -0.05) is 24.3 Å². The van der Waals surface area contributed by atoms with Crippen LogP contribution in [-0.4, -0.2) is 55.8 Å². The smallest absolute Gasteiger partial charge is 0.253 e. The van der Waals surface area contributed by atoms with Gasteiger partial charge in [0.25, 0.3) is 5.91 Å². The van der Waals surface area contributed by atoms with Gasteiger partial charge in [0.15, 0.2) is 0 Å². The molecule has 2 aromatic carbocycles. The molecule has 1 fully saturated rings. The minimum Gasteiger partial charge on any atom is -0.336 e. The van der Waals surface area contributed by atoms with Crippen molar-refractivity contribution in [2.24, 2.45) is 4.99 Å². The van der Waals surface area contributed by atoms with Crippen molar-refractivity contribution in [3.8, 4) is 0 Å². The lowest BCUT2D eigenvalue weighted by Crippen LogP contribution is -2.50. The van der Waals surface area contributed by atoms with Crippen LogP contribution in [0.15, 0.2) is 64.5 Å². The lowest BCUT2D eigenvalue weighted by Gasteiger charge is -2.34. The van der Waals surface area contributed by atoms with Crippen LogP contribution in [0.25, 0.3) is 0 Å². The quantitative estimate of drug-likeness (QED) is 0.606. The summed E-state index contributed by atoms with van der Waals surface area (Å²) in [5.41, 5.74) is 0.821. The van der Waals surface area contributed by atoms with Gasteiger partial charge in [-0.25, -0.2) is 13.2 Å². The Hall–Kier alpha value is -2.80. The van der Waals surface area contributed by atoms with Crippen molar-refractivity contribution < 1.29 is 18.0 Å². The summed E-state index contributed by atoms with van der Waals surface area (Å²) in [7, 11) is -3.71. The van der Waals surface area contributed by atoms with E-state index in [4.69, 9.17) is 0 Å². The summed E-state index contributed by atoms with van der Waals surface area (Å²) in [5.74, 6) is -0.107. The van der Waals surface area contributed by atoms with E-state index in [0.29, 0.717) is 18.7 Å². The van der Waals surface area contributed by atoms with E-state index in [-0.39, 0.29) is 29.6 Å². The zero-order valence-electron chi connectivity index (χ0n) is 13.9. The number of carbonyl (C=O) groups excluding carboxylic acids is 2. The first kappa shape index (κ1) is 18.0. The van der Waals surface area contributed by atoms with Gasteiger partial charge in [-0.3, -0.25) is 4.79 Å². The monoisotopic (exact) mass is 371 g/mol. The van der Waals surface area contributed by atoms with Crippen LogP contribution in [0.2, 0.25) is 0 Å². The molecule has 0 radical (unpaired) electrons. The van der Waals surface area contributed by atoms with Gasteiger partial charge in [0.2, 0.25) is 16.1 Å². The fourth-order valence-electron chi connectivity index (χ4n) is 2.81. The van der Waals surface area contributed by atoms with Crippen LogP contribution in [0.4, 0.5) is 5.69 Å². The van der Waals surface area contributed by atoms with E-state index in [2.05, 4.69) is 4.99 Å². The molecule has 1 amide bonds. The summed E-state index contributed by atoms with van der Waals surface area (Å²) in [6.45, 7) is 1.06. The van der Waals surface area contributed by atoms with Crippen LogP contribution < -0.4 is 0 Å². The van der Waals surface area contributed by atoms with Crippen molar-refractivity contribution in [1.29, 1.82) is 0 Å². The van der Waals surface area contributed by atoms with Crippen molar-refractivity contribution >= 4 is 27.7 Å². The Morgan fingerprint density at radius 1 is 0.962 bits per heavy atom. The molecule has 0 unspecified atom stereocenters. The number of isocyanates is 1. The highest BCUT2D eigenvalue weighted by Gasteiger charge is 2.30. The number of carbonyl (C=O) groups is 1. The standard InChI is InChI=1S/C18H17N3O4S/c22-14-19-16-7-4-8-17(13-16)26(24,25)21-11-9-20(10-12-21)18(23)15-5-2-1-3-6-15/h1-8,13H,9-12H2. The van der Waals surface area contributed by atoms with Gasteiger partial charge in [0.05, 0.1) is 10.6 Å². The third-order valence-electron chi connectivity index (χ3n) is 4.18. The van der Waals surface area contributed by atoms with E-state index in [1.807, 2.05) is 6.07 Å². The van der Waals surface area contributed by atoms with E-state index in [0.717, 1.165) is 0 Å². The minimum absolute atomic E-state index is 0.0665. The van der Waals surface area contributed by atoms with Gasteiger partial charge in [-0.15, -0.1) is 0 Å². The Kier molecular flexibility index (Phi) is 5.27. The molecule has 0 atom stereocenters. The Bertz CT molecular complexity index is 945. The summed E-state index contributed by atoms with van der Waals surface area (Å²) in [4.78, 5) is 28.0. The first-order valence-corrected chi connectivity index (χ1v) is 9.49.